The molecule has 10 heteroatoms. The van der Waals surface area contributed by atoms with Gasteiger partial charge in [-0.2, -0.15) is 0 Å². The molecule has 1 aromatic heterocycles. The highest BCUT2D eigenvalue weighted by atomic mass is 35.5. The Morgan fingerprint density at radius 1 is 1.16 bits per heavy atom. The third-order valence-electron chi connectivity index (χ3n) is 5.93. The van der Waals surface area contributed by atoms with Crippen LogP contribution >= 0.6 is 34.5 Å². The molecule has 0 saturated heterocycles. The number of para-hydroxylation sites is 1. The summed E-state index contributed by atoms with van der Waals surface area (Å²) in [5.74, 6) is -0.300. The molecule has 1 amide bonds. The molecule has 0 aliphatic rings. The molecule has 38 heavy (non-hydrogen) atoms. The van der Waals surface area contributed by atoms with E-state index in [4.69, 9.17) is 37.8 Å². The van der Waals surface area contributed by atoms with Gasteiger partial charge in [0, 0.05) is 40.3 Å². The molecule has 3 aromatic rings. The summed E-state index contributed by atoms with van der Waals surface area (Å²) in [4.78, 5) is 28.7. The van der Waals surface area contributed by atoms with Gasteiger partial charge in [0.2, 0.25) is 0 Å². The van der Waals surface area contributed by atoms with Crippen LogP contribution < -0.4 is 10.1 Å². The van der Waals surface area contributed by atoms with Crippen molar-refractivity contribution in [3.8, 4) is 17.0 Å². The number of rotatable bonds is 11. The van der Waals surface area contributed by atoms with Crippen LogP contribution in [0.5, 0.6) is 5.75 Å². The Labute approximate surface area is 236 Å². The Balaban J connectivity index is 1.85. The summed E-state index contributed by atoms with van der Waals surface area (Å²) in [6.45, 7) is 5.79. The summed E-state index contributed by atoms with van der Waals surface area (Å²) in [6.07, 6.45) is 3.13. The number of carboxylic acid groups (broad SMARTS) is 1. The highest BCUT2D eigenvalue weighted by Crippen LogP contribution is 2.40. The Bertz CT molecular complexity index is 1330. The number of methoxy groups -OCH3 is 2. The molecule has 0 aliphatic carbocycles. The predicted octanol–water partition coefficient (Wildman–Crippen LogP) is 7.99. The highest BCUT2D eigenvalue weighted by molar-refractivity contribution is 7.14. The maximum absolute atomic E-state index is 12.9. The van der Waals surface area contributed by atoms with Gasteiger partial charge in [0.05, 0.1) is 29.0 Å². The Hall–Kier alpha value is -2.91. The Kier molecular flexibility index (Phi) is 10.3. The second-order valence-electron chi connectivity index (χ2n) is 9.10. The third kappa shape index (κ3) is 7.14. The molecule has 202 valence electrons. The number of nitrogens with zero attached hydrogens (tertiary/aromatic N) is 1. The molecule has 2 N–H and O–H groups in total. The first-order valence-corrected chi connectivity index (χ1v) is 13.6. The zero-order valence-corrected chi connectivity index (χ0v) is 24.1. The molecule has 1 atom stereocenters. The van der Waals surface area contributed by atoms with Crippen LogP contribution in [0.15, 0.2) is 41.3 Å². The first kappa shape index (κ1) is 29.6. The van der Waals surface area contributed by atoms with Gasteiger partial charge in [-0.3, -0.25) is 10.1 Å². The molecule has 7 nitrogen and oxygen atoms in total. The number of halogens is 2. The summed E-state index contributed by atoms with van der Waals surface area (Å²) in [5.41, 5.74) is 3.01. The minimum Gasteiger partial charge on any atom is -0.496 e. The van der Waals surface area contributed by atoms with Crippen LogP contribution in [0.1, 0.15) is 61.2 Å². The number of anilines is 1. The average Bonchev–Trinajstić information content (AvgIpc) is 3.34. The summed E-state index contributed by atoms with van der Waals surface area (Å²) >= 11 is 13.9. The van der Waals surface area contributed by atoms with Crippen molar-refractivity contribution < 1.29 is 24.2 Å². The van der Waals surface area contributed by atoms with Crippen molar-refractivity contribution in [3.63, 3.8) is 0 Å². The van der Waals surface area contributed by atoms with E-state index < -0.39 is 11.9 Å². The lowest BCUT2D eigenvalue weighted by Gasteiger charge is -2.21. The zero-order chi connectivity index (χ0) is 28.0. The van der Waals surface area contributed by atoms with Crippen molar-refractivity contribution >= 4 is 57.6 Å². The van der Waals surface area contributed by atoms with Gasteiger partial charge < -0.3 is 14.6 Å². The SMILES string of the molecule is COc1c(-c2csc(NC(=O)c3cc(Cl)c(C=C(C)C(=O)O)c(Cl)c3)n2)cccc1C(CCC(C)C)OC. The molecule has 1 heterocycles. The van der Waals surface area contributed by atoms with E-state index in [1.54, 1.807) is 14.2 Å². The maximum atomic E-state index is 12.9. The van der Waals surface area contributed by atoms with E-state index in [1.807, 2.05) is 23.6 Å². The van der Waals surface area contributed by atoms with E-state index in [0.29, 0.717) is 28.1 Å². The maximum Gasteiger partial charge on any atom is 0.331 e. The van der Waals surface area contributed by atoms with E-state index in [2.05, 4.69) is 24.1 Å². The Morgan fingerprint density at radius 2 is 1.84 bits per heavy atom. The van der Waals surface area contributed by atoms with Gasteiger partial charge in [0.1, 0.15) is 5.75 Å². The lowest BCUT2D eigenvalue weighted by molar-refractivity contribution is -0.132. The second-order valence-corrected chi connectivity index (χ2v) is 10.8. The summed E-state index contributed by atoms with van der Waals surface area (Å²) in [6, 6.07) is 8.73. The number of carboxylic acids is 1. The van der Waals surface area contributed by atoms with Gasteiger partial charge in [-0.15, -0.1) is 11.3 Å². The number of hydrogen-bond acceptors (Lipinski definition) is 6. The normalized spacial score (nSPS) is 12.5. The van der Waals surface area contributed by atoms with Gasteiger partial charge in [0.15, 0.2) is 5.13 Å². The topological polar surface area (TPSA) is 97.8 Å². The van der Waals surface area contributed by atoms with E-state index in [0.717, 1.165) is 24.0 Å². The molecule has 0 fully saturated rings. The molecule has 1 unspecified atom stereocenters. The van der Waals surface area contributed by atoms with Gasteiger partial charge in [-0.25, -0.2) is 9.78 Å². The number of aromatic nitrogens is 1. The fourth-order valence-electron chi connectivity index (χ4n) is 3.88. The standard InChI is InChI=1S/C28H30Cl2N2O5S/c1-15(2)9-10-24(36-4)19-8-6-7-18(25(19)37-5)23-14-38-28(31-23)32-26(33)17-12-21(29)20(22(30)13-17)11-16(3)27(34)35/h6-8,11-15,24H,9-10H2,1-5H3,(H,34,35)(H,31,32,33). The highest BCUT2D eigenvalue weighted by Gasteiger charge is 2.21. The van der Waals surface area contributed by atoms with Crippen LogP contribution in [0.4, 0.5) is 5.13 Å². The van der Waals surface area contributed by atoms with Crippen molar-refractivity contribution in [2.75, 3.05) is 19.5 Å². The summed E-state index contributed by atoms with van der Waals surface area (Å²) in [7, 11) is 3.32. The first-order valence-electron chi connectivity index (χ1n) is 11.9. The van der Waals surface area contributed by atoms with Crippen LogP contribution in [0.3, 0.4) is 0 Å². The minimum absolute atomic E-state index is 0.0672. The second kappa shape index (κ2) is 13.2. The third-order valence-corrected chi connectivity index (χ3v) is 7.31. The molecule has 0 bridgehead atoms. The number of amides is 1. The number of hydrogen-bond donors (Lipinski definition) is 2. The smallest absolute Gasteiger partial charge is 0.331 e. The number of aliphatic carboxylic acids is 1. The molecule has 0 aliphatic heterocycles. The van der Waals surface area contributed by atoms with Crippen LogP contribution in [-0.2, 0) is 9.53 Å². The number of carbonyl (C=O) groups excluding carboxylic acids is 1. The monoisotopic (exact) mass is 576 g/mol. The van der Waals surface area contributed by atoms with Crippen molar-refractivity contribution in [1.29, 1.82) is 0 Å². The first-order chi connectivity index (χ1) is 18.0. The average molecular weight is 578 g/mol. The quantitative estimate of drug-likeness (QED) is 0.224. The predicted molar refractivity (Wildman–Crippen MR) is 154 cm³/mol. The molecule has 3 rings (SSSR count). The fraction of sp³-hybridized carbons (Fsp3) is 0.321. The number of nitrogens with one attached hydrogen (secondary N) is 1. The molecule has 2 aromatic carbocycles. The van der Waals surface area contributed by atoms with Crippen molar-refractivity contribution in [3.05, 3.63) is 68.0 Å². The van der Waals surface area contributed by atoms with E-state index >= 15 is 0 Å². The summed E-state index contributed by atoms with van der Waals surface area (Å²) in [5, 5.41) is 14.4. The van der Waals surface area contributed by atoms with Gasteiger partial charge in [-0.1, -0.05) is 49.2 Å². The van der Waals surface area contributed by atoms with E-state index in [-0.39, 0.29) is 27.3 Å². The fourth-order valence-corrected chi connectivity index (χ4v) is 5.18. The lowest BCUT2D eigenvalue weighted by Crippen LogP contribution is -2.12. The number of thiazole rings is 1. The van der Waals surface area contributed by atoms with E-state index in [9.17, 15) is 9.59 Å². The molecular weight excluding hydrogens is 547 g/mol. The Morgan fingerprint density at radius 3 is 2.42 bits per heavy atom. The van der Waals surface area contributed by atoms with Crippen molar-refractivity contribution in [2.45, 2.75) is 39.7 Å². The number of carbonyl (C=O) groups is 2. The molecule has 0 saturated carbocycles. The number of ether oxygens (including phenoxy) is 2. The van der Waals surface area contributed by atoms with Crippen molar-refractivity contribution in [1.82, 2.24) is 4.98 Å². The van der Waals surface area contributed by atoms with Gasteiger partial charge >= 0.3 is 5.97 Å². The van der Waals surface area contributed by atoms with Crippen LogP contribution in [0.2, 0.25) is 10.0 Å². The molecule has 0 spiro atoms. The summed E-state index contributed by atoms with van der Waals surface area (Å²) < 4.78 is 11.6. The van der Waals surface area contributed by atoms with Gasteiger partial charge in [0.25, 0.3) is 5.91 Å². The minimum atomic E-state index is -1.09. The molecule has 0 radical (unpaired) electrons. The van der Waals surface area contributed by atoms with Crippen LogP contribution in [0, 0.1) is 5.92 Å². The van der Waals surface area contributed by atoms with Crippen molar-refractivity contribution in [2.24, 2.45) is 5.92 Å². The zero-order valence-electron chi connectivity index (χ0n) is 21.8. The van der Waals surface area contributed by atoms with Crippen LogP contribution in [0.25, 0.3) is 17.3 Å². The lowest BCUT2D eigenvalue weighted by atomic mass is 9.96. The number of benzene rings is 2. The molecular formula is C28H30Cl2N2O5S. The van der Waals surface area contributed by atoms with Crippen LogP contribution in [-0.4, -0.2) is 36.2 Å². The van der Waals surface area contributed by atoms with E-state index in [1.165, 1.54) is 36.5 Å². The largest absolute Gasteiger partial charge is 0.496 e. The van der Waals surface area contributed by atoms with Gasteiger partial charge in [-0.05, 0) is 50.0 Å².